The zero-order chi connectivity index (χ0) is 17.6. The Labute approximate surface area is 157 Å². The van der Waals surface area contributed by atoms with Gasteiger partial charge in [-0.1, -0.05) is 52.3 Å². The van der Waals surface area contributed by atoms with Crippen molar-refractivity contribution in [2.24, 2.45) is 0 Å². The van der Waals surface area contributed by atoms with Crippen LogP contribution in [0, 0.1) is 0 Å². The highest BCUT2D eigenvalue weighted by atomic mass is 79.9. The number of benzene rings is 3. The first-order chi connectivity index (χ1) is 12.2. The average molecular weight is 400 g/mol. The Bertz CT molecular complexity index is 858. The molecule has 0 saturated heterocycles. The highest BCUT2D eigenvalue weighted by molar-refractivity contribution is 9.10. The van der Waals surface area contributed by atoms with E-state index in [9.17, 15) is 0 Å². The van der Waals surface area contributed by atoms with Crippen molar-refractivity contribution in [2.45, 2.75) is 20.4 Å². The van der Waals surface area contributed by atoms with E-state index in [0.717, 1.165) is 27.2 Å². The third-order valence-electron chi connectivity index (χ3n) is 3.97. The predicted molar refractivity (Wildman–Crippen MR) is 108 cm³/mol. The summed E-state index contributed by atoms with van der Waals surface area (Å²) in [5.74, 6) is 1.55. The van der Waals surface area contributed by atoms with Crippen LogP contribution in [0.1, 0.15) is 19.4 Å². The van der Waals surface area contributed by atoms with Crippen molar-refractivity contribution >= 4 is 32.4 Å². The molecule has 0 heterocycles. The number of fused-ring (bicyclic) bond motifs is 1. The molecule has 130 valence electrons. The number of hydrogen-bond acceptors (Lipinski definition) is 3. The fraction of sp³-hybridized carbons (Fsp3) is 0.238. The third kappa shape index (κ3) is 4.07. The van der Waals surface area contributed by atoms with Gasteiger partial charge < -0.3 is 14.8 Å². The zero-order valence-corrected chi connectivity index (χ0v) is 16.1. The van der Waals surface area contributed by atoms with Gasteiger partial charge in [-0.25, -0.2) is 0 Å². The van der Waals surface area contributed by atoms with Crippen LogP contribution in [0.2, 0.25) is 0 Å². The fourth-order valence-electron chi connectivity index (χ4n) is 2.82. The van der Waals surface area contributed by atoms with E-state index in [2.05, 4.69) is 63.7 Å². The molecule has 0 fully saturated rings. The topological polar surface area (TPSA) is 30.5 Å². The van der Waals surface area contributed by atoms with Gasteiger partial charge in [0.15, 0.2) is 11.5 Å². The first-order valence-electron chi connectivity index (χ1n) is 8.52. The smallest absolute Gasteiger partial charge is 0.162 e. The first kappa shape index (κ1) is 17.6. The molecule has 3 rings (SSSR count). The maximum atomic E-state index is 5.73. The maximum Gasteiger partial charge on any atom is 0.162 e. The van der Waals surface area contributed by atoms with Crippen LogP contribution in [0.4, 0.5) is 5.69 Å². The summed E-state index contributed by atoms with van der Waals surface area (Å²) in [7, 11) is 0. The van der Waals surface area contributed by atoms with Gasteiger partial charge in [0.25, 0.3) is 0 Å². The van der Waals surface area contributed by atoms with Gasteiger partial charge in [-0.3, -0.25) is 0 Å². The van der Waals surface area contributed by atoms with E-state index >= 15 is 0 Å². The van der Waals surface area contributed by atoms with Crippen LogP contribution in [-0.2, 0) is 6.54 Å². The number of nitrogens with one attached hydrogen (secondary N) is 1. The van der Waals surface area contributed by atoms with Crippen LogP contribution in [0.3, 0.4) is 0 Å². The van der Waals surface area contributed by atoms with E-state index in [1.807, 2.05) is 26.0 Å². The van der Waals surface area contributed by atoms with Crippen LogP contribution >= 0.6 is 15.9 Å². The van der Waals surface area contributed by atoms with E-state index < -0.39 is 0 Å². The summed E-state index contributed by atoms with van der Waals surface area (Å²) in [6.07, 6.45) is 0. The normalized spacial score (nSPS) is 10.7. The third-order valence-corrected chi connectivity index (χ3v) is 4.71. The lowest BCUT2D eigenvalue weighted by Gasteiger charge is -2.15. The van der Waals surface area contributed by atoms with Gasteiger partial charge in [0.2, 0.25) is 0 Å². The Morgan fingerprint density at radius 2 is 1.56 bits per heavy atom. The van der Waals surface area contributed by atoms with E-state index in [1.165, 1.54) is 10.8 Å². The van der Waals surface area contributed by atoms with Crippen molar-refractivity contribution < 1.29 is 9.47 Å². The molecule has 0 aliphatic rings. The molecule has 0 atom stereocenters. The second kappa shape index (κ2) is 8.26. The van der Waals surface area contributed by atoms with Crippen LogP contribution < -0.4 is 14.8 Å². The lowest BCUT2D eigenvalue weighted by Crippen LogP contribution is -2.04. The minimum Gasteiger partial charge on any atom is -0.490 e. The molecule has 0 saturated carbocycles. The minimum atomic E-state index is 0.609. The molecular formula is C21H22BrNO2. The van der Waals surface area contributed by atoms with Gasteiger partial charge in [-0.15, -0.1) is 0 Å². The Hall–Kier alpha value is -2.20. The summed E-state index contributed by atoms with van der Waals surface area (Å²) in [5, 5.41) is 5.99. The van der Waals surface area contributed by atoms with Crippen molar-refractivity contribution in [1.82, 2.24) is 0 Å². The molecule has 0 bridgehead atoms. The second-order valence-corrected chi connectivity index (χ2v) is 6.49. The molecule has 0 aromatic heterocycles. The van der Waals surface area contributed by atoms with Crippen LogP contribution in [-0.4, -0.2) is 13.2 Å². The largest absolute Gasteiger partial charge is 0.490 e. The molecule has 4 heteroatoms. The number of ether oxygens (including phenoxy) is 2. The minimum absolute atomic E-state index is 0.609. The maximum absolute atomic E-state index is 5.73. The van der Waals surface area contributed by atoms with Crippen molar-refractivity contribution in [3.63, 3.8) is 0 Å². The summed E-state index contributed by atoms with van der Waals surface area (Å²) < 4.78 is 12.4. The Balaban J connectivity index is 1.86. The molecule has 3 nitrogen and oxygen atoms in total. The highest BCUT2D eigenvalue weighted by Crippen LogP contribution is 2.34. The monoisotopic (exact) mass is 399 g/mol. The molecule has 0 aliphatic carbocycles. The van der Waals surface area contributed by atoms with Gasteiger partial charge in [-0.2, -0.15) is 0 Å². The lowest BCUT2D eigenvalue weighted by molar-refractivity contribution is 0.287. The van der Waals surface area contributed by atoms with E-state index in [1.54, 1.807) is 0 Å². The van der Waals surface area contributed by atoms with Crippen LogP contribution in [0.25, 0.3) is 10.8 Å². The lowest BCUT2D eigenvalue weighted by atomic mass is 10.1. The van der Waals surface area contributed by atoms with E-state index in [4.69, 9.17) is 9.47 Å². The molecular weight excluding hydrogens is 378 g/mol. The van der Waals surface area contributed by atoms with Crippen molar-refractivity contribution in [2.75, 3.05) is 18.5 Å². The number of hydrogen-bond donors (Lipinski definition) is 1. The number of rotatable bonds is 7. The SMILES string of the molecule is CCOc1cc(Br)c(CNc2cccc3ccccc23)cc1OCC. The van der Waals surface area contributed by atoms with Crippen molar-refractivity contribution in [3.8, 4) is 11.5 Å². The molecule has 0 amide bonds. The summed E-state index contributed by atoms with van der Waals surface area (Å²) in [5.41, 5.74) is 2.25. The van der Waals surface area contributed by atoms with Crippen LogP contribution in [0.15, 0.2) is 59.1 Å². The number of halogens is 1. The van der Waals surface area contributed by atoms with Gasteiger partial charge in [-0.05, 0) is 43.0 Å². The highest BCUT2D eigenvalue weighted by Gasteiger charge is 2.11. The molecule has 25 heavy (non-hydrogen) atoms. The summed E-state index contributed by atoms with van der Waals surface area (Å²) in [6, 6.07) is 18.7. The van der Waals surface area contributed by atoms with E-state index in [-0.39, 0.29) is 0 Å². The van der Waals surface area contributed by atoms with Gasteiger partial charge in [0.1, 0.15) is 0 Å². The molecule has 0 aliphatic heterocycles. The fourth-order valence-corrected chi connectivity index (χ4v) is 3.28. The van der Waals surface area contributed by atoms with Gasteiger partial charge in [0, 0.05) is 22.1 Å². The summed E-state index contributed by atoms with van der Waals surface area (Å²) >= 11 is 3.65. The Kier molecular flexibility index (Phi) is 5.82. The van der Waals surface area contributed by atoms with Crippen LogP contribution in [0.5, 0.6) is 11.5 Å². The summed E-state index contributed by atoms with van der Waals surface area (Å²) in [6.45, 7) is 5.87. The molecule has 0 radical (unpaired) electrons. The predicted octanol–water partition coefficient (Wildman–Crippen LogP) is 6.01. The Morgan fingerprint density at radius 3 is 2.32 bits per heavy atom. The quantitative estimate of drug-likeness (QED) is 0.527. The zero-order valence-electron chi connectivity index (χ0n) is 14.5. The standard InChI is InChI=1S/C21H22BrNO2/c1-3-24-20-12-16(18(22)13-21(20)25-4-2)14-23-19-11-7-9-15-8-5-6-10-17(15)19/h5-13,23H,3-4,14H2,1-2H3. The Morgan fingerprint density at radius 1 is 0.880 bits per heavy atom. The molecule has 1 N–H and O–H groups in total. The van der Waals surface area contributed by atoms with Gasteiger partial charge in [0.05, 0.1) is 13.2 Å². The first-order valence-corrected chi connectivity index (χ1v) is 9.31. The summed E-state index contributed by atoms with van der Waals surface area (Å²) in [4.78, 5) is 0. The van der Waals surface area contributed by atoms with Gasteiger partial charge >= 0.3 is 0 Å². The average Bonchev–Trinajstić information content (AvgIpc) is 2.63. The van der Waals surface area contributed by atoms with Crippen molar-refractivity contribution in [1.29, 1.82) is 0 Å². The van der Waals surface area contributed by atoms with E-state index in [0.29, 0.717) is 19.8 Å². The molecule has 3 aromatic rings. The molecule has 0 unspecified atom stereocenters. The number of anilines is 1. The molecule has 0 spiro atoms. The molecule has 3 aromatic carbocycles. The van der Waals surface area contributed by atoms with Crippen molar-refractivity contribution in [3.05, 3.63) is 64.6 Å². The second-order valence-electron chi connectivity index (χ2n) is 5.64.